The smallest absolute Gasteiger partial charge is 0.160 e. The third kappa shape index (κ3) is 2.29. The van der Waals surface area contributed by atoms with E-state index in [1.165, 1.54) is 0 Å². The maximum Gasteiger partial charge on any atom is 0.160 e. The van der Waals surface area contributed by atoms with Gasteiger partial charge in [-0.3, -0.25) is 0 Å². The molecular weight excluding hydrogens is 234 g/mol. The zero-order chi connectivity index (χ0) is 12.6. The van der Waals surface area contributed by atoms with Gasteiger partial charge in [0.15, 0.2) is 5.65 Å². The van der Waals surface area contributed by atoms with E-state index in [0.29, 0.717) is 5.92 Å². The van der Waals surface area contributed by atoms with Gasteiger partial charge >= 0.3 is 0 Å². The number of fused-ring (bicyclic) bond motifs is 1. The molecule has 4 heteroatoms. The van der Waals surface area contributed by atoms with Crippen LogP contribution >= 0.6 is 11.6 Å². The molecule has 0 spiro atoms. The molecule has 17 heavy (non-hydrogen) atoms. The van der Waals surface area contributed by atoms with Gasteiger partial charge in [0.25, 0.3) is 0 Å². The third-order valence-corrected chi connectivity index (χ3v) is 2.96. The van der Waals surface area contributed by atoms with Crippen molar-refractivity contribution >= 4 is 22.8 Å². The summed E-state index contributed by atoms with van der Waals surface area (Å²) in [6.45, 7) is 9.28. The van der Waals surface area contributed by atoms with Crippen LogP contribution in [0.1, 0.15) is 37.5 Å². The fourth-order valence-electron chi connectivity index (χ4n) is 2.00. The predicted octanol–water partition coefficient (Wildman–Crippen LogP) is 3.70. The van der Waals surface area contributed by atoms with Crippen LogP contribution in [0.3, 0.4) is 0 Å². The van der Waals surface area contributed by atoms with Crippen molar-refractivity contribution in [2.24, 2.45) is 5.92 Å². The highest BCUT2D eigenvalue weighted by molar-refractivity contribution is 6.20. The Bertz CT molecular complexity index is 529. The van der Waals surface area contributed by atoms with Gasteiger partial charge in [-0.1, -0.05) is 13.8 Å². The summed E-state index contributed by atoms with van der Waals surface area (Å²) in [6.07, 6.45) is 1.83. The monoisotopic (exact) mass is 251 g/mol. The minimum Gasteiger partial charge on any atom is -0.311 e. The Kier molecular flexibility index (Phi) is 3.38. The second kappa shape index (κ2) is 4.65. The van der Waals surface area contributed by atoms with E-state index in [-0.39, 0.29) is 5.38 Å². The van der Waals surface area contributed by atoms with Gasteiger partial charge in [0.05, 0.1) is 5.38 Å². The van der Waals surface area contributed by atoms with E-state index in [2.05, 4.69) is 35.3 Å². The number of pyridine rings is 1. The molecule has 0 aliphatic carbocycles. The molecule has 0 aliphatic heterocycles. The summed E-state index contributed by atoms with van der Waals surface area (Å²) in [5.41, 5.74) is 3.06. The van der Waals surface area contributed by atoms with E-state index in [0.717, 1.165) is 29.1 Å². The number of hydrogen-bond donors (Lipinski definition) is 0. The first kappa shape index (κ1) is 12.4. The number of hydrogen-bond acceptors (Lipinski definition) is 2. The summed E-state index contributed by atoms with van der Waals surface area (Å²) in [7, 11) is 0. The molecule has 92 valence electrons. The summed E-state index contributed by atoms with van der Waals surface area (Å²) < 4.78 is 2.14. The Balaban J connectivity index is 2.67. The molecule has 0 bridgehead atoms. The fraction of sp³-hybridized carbons (Fsp3) is 0.538. The number of halogens is 1. The summed E-state index contributed by atoms with van der Waals surface area (Å²) in [5.74, 6) is 1.46. The normalized spacial score (nSPS) is 13.5. The van der Waals surface area contributed by atoms with Gasteiger partial charge in [-0.15, -0.1) is 11.6 Å². The van der Waals surface area contributed by atoms with E-state index in [1.807, 2.05) is 19.2 Å². The minimum absolute atomic E-state index is 0.0950. The highest BCUT2D eigenvalue weighted by Gasteiger charge is 2.17. The van der Waals surface area contributed by atoms with Crippen molar-refractivity contribution in [3.05, 3.63) is 23.7 Å². The molecule has 2 aromatic rings. The maximum absolute atomic E-state index is 6.20. The van der Waals surface area contributed by atoms with Crippen molar-refractivity contribution in [1.82, 2.24) is 14.5 Å². The summed E-state index contributed by atoms with van der Waals surface area (Å²) in [6, 6.07) is 1.98. The average molecular weight is 252 g/mol. The van der Waals surface area contributed by atoms with Gasteiger partial charge in [0.1, 0.15) is 11.3 Å². The molecule has 1 atom stereocenters. The number of nitrogens with zero attached hydrogens (tertiary/aromatic N) is 3. The quantitative estimate of drug-likeness (QED) is 0.779. The Morgan fingerprint density at radius 2 is 2.06 bits per heavy atom. The SMILES string of the molecule is Cc1ccnc2c1nc(C(C)Cl)n2CC(C)C. The van der Waals surface area contributed by atoms with Crippen LogP contribution in [0.25, 0.3) is 11.2 Å². The van der Waals surface area contributed by atoms with Gasteiger partial charge in [0.2, 0.25) is 0 Å². The first-order valence-corrected chi connectivity index (χ1v) is 6.40. The predicted molar refractivity (Wildman–Crippen MR) is 71.4 cm³/mol. The highest BCUT2D eigenvalue weighted by atomic mass is 35.5. The molecule has 3 nitrogen and oxygen atoms in total. The zero-order valence-corrected chi connectivity index (χ0v) is 11.5. The lowest BCUT2D eigenvalue weighted by Crippen LogP contribution is -2.09. The molecule has 0 fully saturated rings. The number of aromatic nitrogens is 3. The summed E-state index contributed by atoms with van der Waals surface area (Å²) in [5, 5.41) is -0.0950. The van der Waals surface area contributed by atoms with Crippen LogP contribution in [0.15, 0.2) is 12.3 Å². The van der Waals surface area contributed by atoms with Crippen LogP contribution in [0.2, 0.25) is 0 Å². The molecule has 0 amide bonds. The van der Waals surface area contributed by atoms with Gasteiger partial charge in [-0.05, 0) is 31.4 Å². The number of aryl methyl sites for hydroxylation is 1. The summed E-state index contributed by atoms with van der Waals surface area (Å²) >= 11 is 6.20. The Morgan fingerprint density at radius 1 is 1.35 bits per heavy atom. The largest absolute Gasteiger partial charge is 0.311 e. The Morgan fingerprint density at radius 3 is 2.65 bits per heavy atom. The van der Waals surface area contributed by atoms with Crippen molar-refractivity contribution in [2.75, 3.05) is 0 Å². The van der Waals surface area contributed by atoms with Crippen LogP contribution in [-0.4, -0.2) is 14.5 Å². The van der Waals surface area contributed by atoms with E-state index in [9.17, 15) is 0 Å². The molecule has 0 N–H and O–H groups in total. The molecule has 0 aliphatic rings. The summed E-state index contributed by atoms with van der Waals surface area (Å²) in [4.78, 5) is 9.07. The van der Waals surface area contributed by atoms with Crippen LogP contribution in [-0.2, 0) is 6.54 Å². The van der Waals surface area contributed by atoms with Crippen molar-refractivity contribution in [1.29, 1.82) is 0 Å². The number of rotatable bonds is 3. The van der Waals surface area contributed by atoms with Gasteiger partial charge < -0.3 is 4.57 Å². The fourth-order valence-corrected chi connectivity index (χ4v) is 2.17. The molecule has 2 heterocycles. The lowest BCUT2D eigenvalue weighted by atomic mass is 10.2. The first-order valence-electron chi connectivity index (χ1n) is 5.96. The minimum atomic E-state index is -0.0950. The van der Waals surface area contributed by atoms with Crippen molar-refractivity contribution in [3.63, 3.8) is 0 Å². The molecule has 0 aromatic carbocycles. The van der Waals surface area contributed by atoms with E-state index in [1.54, 1.807) is 0 Å². The van der Waals surface area contributed by atoms with Gasteiger partial charge in [-0.2, -0.15) is 0 Å². The molecule has 2 rings (SSSR count). The van der Waals surface area contributed by atoms with Crippen LogP contribution in [0.5, 0.6) is 0 Å². The van der Waals surface area contributed by atoms with Crippen LogP contribution in [0, 0.1) is 12.8 Å². The molecule has 0 saturated heterocycles. The van der Waals surface area contributed by atoms with Gasteiger partial charge in [-0.25, -0.2) is 9.97 Å². The van der Waals surface area contributed by atoms with Crippen LogP contribution in [0.4, 0.5) is 0 Å². The van der Waals surface area contributed by atoms with Crippen molar-refractivity contribution in [3.8, 4) is 0 Å². The van der Waals surface area contributed by atoms with Crippen LogP contribution < -0.4 is 0 Å². The molecular formula is C13H18ClN3. The second-order valence-corrected chi connectivity index (χ2v) is 5.55. The lowest BCUT2D eigenvalue weighted by Gasteiger charge is -2.11. The van der Waals surface area contributed by atoms with E-state index >= 15 is 0 Å². The maximum atomic E-state index is 6.20. The average Bonchev–Trinajstić information content (AvgIpc) is 2.58. The second-order valence-electron chi connectivity index (χ2n) is 4.89. The van der Waals surface area contributed by atoms with Crippen molar-refractivity contribution in [2.45, 2.75) is 39.6 Å². The van der Waals surface area contributed by atoms with Crippen molar-refractivity contribution < 1.29 is 0 Å². The van der Waals surface area contributed by atoms with E-state index in [4.69, 9.17) is 11.6 Å². The number of imidazole rings is 1. The zero-order valence-electron chi connectivity index (χ0n) is 10.7. The third-order valence-electron chi connectivity index (χ3n) is 2.77. The van der Waals surface area contributed by atoms with E-state index < -0.39 is 0 Å². The molecule has 0 saturated carbocycles. The highest BCUT2D eigenvalue weighted by Crippen LogP contribution is 2.25. The standard InChI is InChI=1S/C13H18ClN3/c1-8(2)7-17-12(10(4)14)16-11-9(3)5-6-15-13(11)17/h5-6,8,10H,7H2,1-4H3. The molecule has 2 aromatic heterocycles. The lowest BCUT2D eigenvalue weighted by molar-refractivity contribution is 0.514. The topological polar surface area (TPSA) is 30.7 Å². The Hall–Kier alpha value is -1.09. The number of alkyl halides is 1. The van der Waals surface area contributed by atoms with Gasteiger partial charge in [0, 0.05) is 12.7 Å². The first-order chi connectivity index (χ1) is 8.00. The molecule has 0 radical (unpaired) electrons. The Labute approximate surface area is 107 Å². The molecule has 1 unspecified atom stereocenters.